The Morgan fingerprint density at radius 3 is 2.60 bits per heavy atom. The lowest BCUT2D eigenvalue weighted by molar-refractivity contribution is -0.137. The molecule has 0 fully saturated rings. The molecule has 1 aromatic rings. The van der Waals surface area contributed by atoms with Gasteiger partial charge in [-0.25, -0.2) is 0 Å². The highest BCUT2D eigenvalue weighted by Gasteiger charge is 2.30. The number of alkyl halides is 3. The summed E-state index contributed by atoms with van der Waals surface area (Å²) in [6.07, 6.45) is -4.39. The smallest absolute Gasteiger partial charge is 0.416 e. The molecule has 15 heavy (non-hydrogen) atoms. The van der Waals surface area contributed by atoms with Gasteiger partial charge in [0, 0.05) is 0 Å². The monoisotopic (exact) mass is 218 g/mol. The molecule has 0 spiro atoms. The second kappa shape index (κ2) is 4.20. The van der Waals surface area contributed by atoms with Crippen molar-refractivity contribution in [3.05, 3.63) is 29.8 Å². The van der Waals surface area contributed by atoms with Crippen LogP contribution in [0.2, 0.25) is 0 Å². The van der Waals surface area contributed by atoms with Gasteiger partial charge in [0.25, 0.3) is 0 Å². The van der Waals surface area contributed by atoms with Gasteiger partial charge in [0.05, 0.1) is 5.56 Å². The average molecular weight is 218 g/mol. The molecule has 0 aliphatic heterocycles. The van der Waals surface area contributed by atoms with E-state index in [4.69, 9.17) is 15.9 Å². The molecule has 0 amide bonds. The molecule has 0 bridgehead atoms. The molecule has 1 aromatic carbocycles. The Labute approximate surface area is 84.2 Å². The van der Waals surface area contributed by atoms with E-state index >= 15 is 0 Å². The van der Waals surface area contributed by atoms with Gasteiger partial charge in [-0.05, 0) is 18.2 Å². The minimum atomic E-state index is -4.39. The molecule has 0 aliphatic rings. The Hall–Kier alpha value is -1.72. The summed E-state index contributed by atoms with van der Waals surface area (Å²) in [5.41, 5.74) is 4.21. The Bertz CT molecular complexity index is 363. The molecule has 3 nitrogen and oxygen atoms in total. The number of halogens is 3. The molecule has 0 aromatic heterocycles. The van der Waals surface area contributed by atoms with E-state index in [1.807, 2.05) is 0 Å². The van der Waals surface area contributed by atoms with Crippen molar-refractivity contribution in [2.45, 2.75) is 6.18 Å². The molecule has 0 heterocycles. The summed E-state index contributed by atoms with van der Waals surface area (Å²) in [4.78, 5) is 0. The minimum absolute atomic E-state index is 0.0417. The highest BCUT2D eigenvalue weighted by molar-refractivity contribution is 5.78. The average Bonchev–Trinajstić information content (AvgIpc) is 2.14. The topological polar surface area (TPSA) is 59.1 Å². The third-order valence-corrected chi connectivity index (χ3v) is 1.56. The van der Waals surface area contributed by atoms with E-state index in [1.54, 1.807) is 0 Å². The molecule has 6 heteroatoms. The number of nitrogens with two attached hydrogens (primary N) is 1. The van der Waals surface area contributed by atoms with Crippen LogP contribution in [-0.2, 0) is 6.18 Å². The van der Waals surface area contributed by atoms with Crippen molar-refractivity contribution in [2.75, 3.05) is 6.61 Å². The first-order chi connectivity index (χ1) is 6.89. The highest BCUT2D eigenvalue weighted by Crippen LogP contribution is 2.31. The van der Waals surface area contributed by atoms with Crippen molar-refractivity contribution < 1.29 is 17.9 Å². The zero-order valence-corrected chi connectivity index (χ0v) is 7.64. The van der Waals surface area contributed by atoms with Crippen molar-refractivity contribution in [3.63, 3.8) is 0 Å². The predicted molar refractivity (Wildman–Crippen MR) is 48.9 cm³/mol. The first-order valence-electron chi connectivity index (χ1n) is 4.02. The van der Waals surface area contributed by atoms with Gasteiger partial charge in [0.2, 0.25) is 0 Å². The number of amidine groups is 1. The van der Waals surface area contributed by atoms with Crippen LogP contribution in [0.25, 0.3) is 0 Å². The van der Waals surface area contributed by atoms with Crippen LogP contribution in [0.4, 0.5) is 13.2 Å². The third kappa shape index (κ3) is 3.49. The zero-order valence-electron chi connectivity index (χ0n) is 7.64. The van der Waals surface area contributed by atoms with Gasteiger partial charge < -0.3 is 10.5 Å². The second-order valence-corrected chi connectivity index (χ2v) is 2.84. The lowest BCUT2D eigenvalue weighted by Crippen LogP contribution is -2.19. The van der Waals surface area contributed by atoms with Crippen LogP contribution in [-0.4, -0.2) is 12.4 Å². The lowest BCUT2D eigenvalue weighted by Gasteiger charge is -2.09. The van der Waals surface area contributed by atoms with Crippen LogP contribution in [0.1, 0.15) is 5.56 Å². The van der Waals surface area contributed by atoms with Gasteiger partial charge in [-0.15, -0.1) is 0 Å². The van der Waals surface area contributed by atoms with Crippen LogP contribution in [0.5, 0.6) is 5.75 Å². The van der Waals surface area contributed by atoms with Crippen LogP contribution >= 0.6 is 0 Å². The van der Waals surface area contributed by atoms with E-state index in [0.717, 1.165) is 12.1 Å². The SMILES string of the molecule is N=C(N)COc1cccc(C(F)(F)F)c1. The highest BCUT2D eigenvalue weighted by atomic mass is 19.4. The van der Waals surface area contributed by atoms with Gasteiger partial charge in [-0.1, -0.05) is 6.07 Å². The van der Waals surface area contributed by atoms with Crippen molar-refractivity contribution in [1.82, 2.24) is 0 Å². The van der Waals surface area contributed by atoms with Gasteiger partial charge in [0.1, 0.15) is 18.2 Å². The Morgan fingerprint density at radius 2 is 2.07 bits per heavy atom. The second-order valence-electron chi connectivity index (χ2n) is 2.84. The number of hydrogen-bond acceptors (Lipinski definition) is 2. The third-order valence-electron chi connectivity index (χ3n) is 1.56. The van der Waals surface area contributed by atoms with E-state index in [9.17, 15) is 13.2 Å². The van der Waals surface area contributed by atoms with Gasteiger partial charge in [-0.2, -0.15) is 13.2 Å². The zero-order chi connectivity index (χ0) is 11.5. The van der Waals surface area contributed by atoms with Crippen molar-refractivity contribution in [1.29, 1.82) is 5.41 Å². The fourth-order valence-corrected chi connectivity index (χ4v) is 0.923. The number of hydrogen-bond donors (Lipinski definition) is 2. The molecule has 0 saturated carbocycles. The maximum atomic E-state index is 12.2. The molecule has 0 atom stereocenters. The Balaban J connectivity index is 2.79. The number of ether oxygens (including phenoxy) is 1. The molecular formula is C9H9F3N2O. The fourth-order valence-electron chi connectivity index (χ4n) is 0.923. The van der Waals surface area contributed by atoms with E-state index in [2.05, 4.69) is 0 Å². The van der Waals surface area contributed by atoms with E-state index in [1.165, 1.54) is 12.1 Å². The van der Waals surface area contributed by atoms with Crippen LogP contribution in [0, 0.1) is 5.41 Å². The van der Waals surface area contributed by atoms with E-state index in [-0.39, 0.29) is 18.2 Å². The summed E-state index contributed by atoms with van der Waals surface area (Å²) in [7, 11) is 0. The molecule has 0 unspecified atom stereocenters. The van der Waals surface area contributed by atoms with Crippen molar-refractivity contribution >= 4 is 5.84 Å². The Morgan fingerprint density at radius 1 is 1.40 bits per heavy atom. The molecular weight excluding hydrogens is 209 g/mol. The van der Waals surface area contributed by atoms with Crippen LogP contribution in [0.3, 0.4) is 0 Å². The molecule has 0 radical (unpaired) electrons. The van der Waals surface area contributed by atoms with Gasteiger partial charge in [-0.3, -0.25) is 5.41 Å². The standard InChI is InChI=1S/C9H9F3N2O/c10-9(11,12)6-2-1-3-7(4-6)15-5-8(13)14/h1-4H,5H2,(H3,13,14). The normalized spacial score (nSPS) is 11.1. The van der Waals surface area contributed by atoms with E-state index in [0.29, 0.717) is 0 Å². The summed E-state index contributed by atoms with van der Waals surface area (Å²) >= 11 is 0. The molecule has 3 N–H and O–H groups in total. The van der Waals surface area contributed by atoms with Crippen LogP contribution < -0.4 is 10.5 Å². The van der Waals surface area contributed by atoms with Gasteiger partial charge >= 0.3 is 6.18 Å². The van der Waals surface area contributed by atoms with Gasteiger partial charge in [0.15, 0.2) is 0 Å². The largest absolute Gasteiger partial charge is 0.486 e. The first-order valence-corrected chi connectivity index (χ1v) is 4.02. The lowest BCUT2D eigenvalue weighted by atomic mass is 10.2. The summed E-state index contributed by atoms with van der Waals surface area (Å²) in [6, 6.07) is 4.42. The summed E-state index contributed by atoms with van der Waals surface area (Å²) < 4.78 is 41.6. The quantitative estimate of drug-likeness (QED) is 0.602. The predicted octanol–water partition coefficient (Wildman–Crippen LogP) is 2.02. The first kappa shape index (κ1) is 11.4. The molecule has 0 aliphatic carbocycles. The number of benzene rings is 1. The molecule has 1 rings (SSSR count). The van der Waals surface area contributed by atoms with Crippen molar-refractivity contribution in [2.24, 2.45) is 5.73 Å². The maximum absolute atomic E-state index is 12.2. The molecule has 0 saturated heterocycles. The molecule has 82 valence electrons. The number of nitrogens with one attached hydrogen (secondary N) is 1. The fraction of sp³-hybridized carbons (Fsp3) is 0.222. The minimum Gasteiger partial charge on any atom is -0.486 e. The van der Waals surface area contributed by atoms with E-state index < -0.39 is 11.7 Å². The van der Waals surface area contributed by atoms with Crippen molar-refractivity contribution in [3.8, 4) is 5.75 Å². The maximum Gasteiger partial charge on any atom is 0.416 e. The van der Waals surface area contributed by atoms with Crippen LogP contribution in [0.15, 0.2) is 24.3 Å². The number of rotatable bonds is 3. The summed E-state index contributed by atoms with van der Waals surface area (Å²) in [5, 5.41) is 6.85. The summed E-state index contributed by atoms with van der Waals surface area (Å²) in [5.74, 6) is -0.201. The summed E-state index contributed by atoms with van der Waals surface area (Å²) in [6.45, 7) is -0.221. The Kier molecular flexibility index (Phi) is 3.18.